The van der Waals surface area contributed by atoms with E-state index in [0.29, 0.717) is 23.2 Å². The van der Waals surface area contributed by atoms with Gasteiger partial charge in [0, 0.05) is 31.5 Å². The quantitative estimate of drug-likeness (QED) is 0.849. The number of nitrogens with zero attached hydrogens (tertiary/aromatic N) is 2. The lowest BCUT2D eigenvalue weighted by Crippen LogP contribution is -2.34. The zero-order valence-corrected chi connectivity index (χ0v) is 11.2. The molecule has 0 aliphatic heterocycles. The summed E-state index contributed by atoms with van der Waals surface area (Å²) in [5, 5.41) is 9.68. The minimum atomic E-state index is -0.0788. The Balaban J connectivity index is 2.93. The molecule has 96 valence electrons. The number of anilines is 1. The minimum absolute atomic E-state index is 0.0788. The van der Waals surface area contributed by atoms with Crippen LogP contribution in [0.3, 0.4) is 0 Å². The zero-order chi connectivity index (χ0) is 12.8. The summed E-state index contributed by atoms with van der Waals surface area (Å²) in [5.74, 6) is 0.811. The first kappa shape index (κ1) is 14.2. The van der Waals surface area contributed by atoms with Crippen molar-refractivity contribution in [3.05, 3.63) is 22.8 Å². The average molecular weight is 259 g/mol. The van der Waals surface area contributed by atoms with Crippen molar-refractivity contribution in [2.75, 3.05) is 25.2 Å². The van der Waals surface area contributed by atoms with E-state index in [1.165, 1.54) is 0 Å². The first-order chi connectivity index (χ1) is 8.10. The first-order valence-electron chi connectivity index (χ1n) is 5.61. The lowest BCUT2D eigenvalue weighted by atomic mass is 10.2. The van der Waals surface area contributed by atoms with Crippen molar-refractivity contribution in [2.45, 2.75) is 26.5 Å². The van der Waals surface area contributed by atoms with Crippen LogP contribution in [0.2, 0.25) is 5.02 Å². The maximum absolute atomic E-state index is 9.18. The maximum atomic E-state index is 9.18. The van der Waals surface area contributed by atoms with Crippen molar-refractivity contribution < 1.29 is 9.84 Å². The van der Waals surface area contributed by atoms with Gasteiger partial charge >= 0.3 is 0 Å². The highest BCUT2D eigenvalue weighted by Crippen LogP contribution is 2.21. The number of aliphatic hydroxyl groups is 1. The lowest BCUT2D eigenvalue weighted by molar-refractivity contribution is 0.203. The van der Waals surface area contributed by atoms with Gasteiger partial charge in [0.25, 0.3) is 0 Å². The second-order valence-corrected chi connectivity index (χ2v) is 4.48. The van der Waals surface area contributed by atoms with E-state index in [2.05, 4.69) is 23.7 Å². The molecule has 0 spiro atoms. The third-order valence-electron chi connectivity index (χ3n) is 2.54. The third kappa shape index (κ3) is 3.84. The molecule has 1 aromatic rings. The molecule has 1 heterocycles. The molecule has 0 saturated heterocycles. The Morgan fingerprint density at radius 3 is 2.76 bits per heavy atom. The number of aromatic nitrogens is 1. The van der Waals surface area contributed by atoms with E-state index in [9.17, 15) is 5.11 Å². The Hall–Kier alpha value is -0.840. The Labute approximate surface area is 107 Å². The fourth-order valence-corrected chi connectivity index (χ4v) is 1.74. The van der Waals surface area contributed by atoms with Gasteiger partial charge in [-0.05, 0) is 19.9 Å². The number of pyridine rings is 1. The summed E-state index contributed by atoms with van der Waals surface area (Å²) in [6, 6.07) is 2.13. The van der Waals surface area contributed by atoms with Crippen LogP contribution in [0, 0.1) is 0 Å². The largest absolute Gasteiger partial charge is 0.392 e. The van der Waals surface area contributed by atoms with E-state index in [1.54, 1.807) is 13.3 Å². The van der Waals surface area contributed by atoms with Gasteiger partial charge in [-0.3, -0.25) is 0 Å². The van der Waals surface area contributed by atoms with E-state index >= 15 is 0 Å². The van der Waals surface area contributed by atoms with Gasteiger partial charge < -0.3 is 14.7 Å². The van der Waals surface area contributed by atoms with Gasteiger partial charge in [0.2, 0.25) is 0 Å². The van der Waals surface area contributed by atoms with Gasteiger partial charge in [0.1, 0.15) is 5.82 Å². The molecule has 1 rings (SSSR count). The highest BCUT2D eigenvalue weighted by Gasteiger charge is 2.13. The van der Waals surface area contributed by atoms with Crippen molar-refractivity contribution >= 4 is 17.4 Å². The van der Waals surface area contributed by atoms with E-state index < -0.39 is 0 Å². The molecule has 1 N–H and O–H groups in total. The second-order valence-electron chi connectivity index (χ2n) is 4.07. The van der Waals surface area contributed by atoms with E-state index in [0.717, 1.165) is 12.4 Å². The van der Waals surface area contributed by atoms with Gasteiger partial charge in [-0.1, -0.05) is 11.6 Å². The Bertz CT molecular complexity index is 358. The fraction of sp³-hybridized carbons (Fsp3) is 0.583. The van der Waals surface area contributed by atoms with Crippen LogP contribution in [0.15, 0.2) is 12.3 Å². The summed E-state index contributed by atoms with van der Waals surface area (Å²) >= 11 is 5.92. The SMILES string of the molecule is COCCN(c1cc(CO)c(Cl)cn1)C(C)C. The molecule has 0 unspecified atom stereocenters. The van der Waals surface area contributed by atoms with E-state index in [1.807, 2.05) is 6.07 Å². The van der Waals surface area contributed by atoms with Gasteiger partial charge in [-0.2, -0.15) is 0 Å². The van der Waals surface area contributed by atoms with Gasteiger partial charge in [0.15, 0.2) is 0 Å². The predicted molar refractivity (Wildman–Crippen MR) is 69.5 cm³/mol. The van der Waals surface area contributed by atoms with Crippen LogP contribution in [0.5, 0.6) is 0 Å². The first-order valence-corrected chi connectivity index (χ1v) is 5.98. The normalized spacial score (nSPS) is 10.9. The predicted octanol–water partition coefficient (Wildman–Crippen LogP) is 2.09. The number of methoxy groups -OCH3 is 1. The standard InChI is InChI=1S/C12H19ClN2O2/c1-9(2)15(4-5-17-3)12-6-10(8-16)11(13)7-14-12/h6-7,9,16H,4-5,8H2,1-3H3. The fourth-order valence-electron chi connectivity index (χ4n) is 1.57. The molecule has 17 heavy (non-hydrogen) atoms. The van der Waals surface area contributed by atoms with Crippen LogP contribution >= 0.6 is 11.6 Å². The molecule has 0 atom stereocenters. The van der Waals surface area contributed by atoms with Crippen molar-refractivity contribution in [2.24, 2.45) is 0 Å². The number of halogens is 1. The molecule has 4 nitrogen and oxygen atoms in total. The molecule has 0 bridgehead atoms. The Kier molecular flexibility index (Phi) is 5.68. The summed E-state index contributed by atoms with van der Waals surface area (Å²) in [6.07, 6.45) is 1.57. The topological polar surface area (TPSA) is 45.6 Å². The smallest absolute Gasteiger partial charge is 0.129 e. The second kappa shape index (κ2) is 6.79. The number of aliphatic hydroxyl groups excluding tert-OH is 1. The van der Waals surface area contributed by atoms with Crippen molar-refractivity contribution in [1.82, 2.24) is 4.98 Å². The number of ether oxygens (including phenoxy) is 1. The van der Waals surface area contributed by atoms with Crippen LogP contribution in [-0.4, -0.2) is 36.4 Å². The van der Waals surface area contributed by atoms with Crippen molar-refractivity contribution in [1.29, 1.82) is 0 Å². The van der Waals surface area contributed by atoms with Crippen LogP contribution in [0.25, 0.3) is 0 Å². The Morgan fingerprint density at radius 2 is 2.24 bits per heavy atom. The molecule has 0 saturated carbocycles. The molecule has 0 amide bonds. The van der Waals surface area contributed by atoms with Gasteiger partial charge in [-0.25, -0.2) is 4.98 Å². The Morgan fingerprint density at radius 1 is 1.53 bits per heavy atom. The molecule has 0 fully saturated rings. The third-order valence-corrected chi connectivity index (χ3v) is 2.88. The molecular formula is C12H19ClN2O2. The molecule has 0 aliphatic rings. The van der Waals surface area contributed by atoms with Crippen molar-refractivity contribution in [3.8, 4) is 0 Å². The minimum Gasteiger partial charge on any atom is -0.392 e. The summed E-state index contributed by atoms with van der Waals surface area (Å²) in [5.41, 5.74) is 0.694. The number of rotatable bonds is 6. The monoisotopic (exact) mass is 258 g/mol. The highest BCUT2D eigenvalue weighted by atomic mass is 35.5. The number of hydrogen-bond donors (Lipinski definition) is 1. The highest BCUT2D eigenvalue weighted by molar-refractivity contribution is 6.31. The maximum Gasteiger partial charge on any atom is 0.129 e. The molecule has 1 aromatic heterocycles. The van der Waals surface area contributed by atoms with E-state index in [4.69, 9.17) is 16.3 Å². The molecule has 0 aliphatic carbocycles. The molecular weight excluding hydrogens is 240 g/mol. The zero-order valence-electron chi connectivity index (χ0n) is 10.5. The van der Waals surface area contributed by atoms with Crippen molar-refractivity contribution in [3.63, 3.8) is 0 Å². The lowest BCUT2D eigenvalue weighted by Gasteiger charge is -2.28. The summed E-state index contributed by atoms with van der Waals surface area (Å²) in [6.45, 7) is 5.49. The van der Waals surface area contributed by atoms with Gasteiger partial charge in [0.05, 0.1) is 18.2 Å². The van der Waals surface area contributed by atoms with Gasteiger partial charge in [-0.15, -0.1) is 0 Å². The average Bonchev–Trinajstić information content (AvgIpc) is 2.31. The van der Waals surface area contributed by atoms with Crippen LogP contribution < -0.4 is 4.90 Å². The summed E-state index contributed by atoms with van der Waals surface area (Å²) in [4.78, 5) is 6.40. The van der Waals surface area contributed by atoms with E-state index in [-0.39, 0.29) is 6.61 Å². The number of hydrogen-bond acceptors (Lipinski definition) is 4. The van der Waals surface area contributed by atoms with Crippen LogP contribution in [0.4, 0.5) is 5.82 Å². The molecule has 0 aromatic carbocycles. The van der Waals surface area contributed by atoms with Crippen LogP contribution in [-0.2, 0) is 11.3 Å². The molecule has 0 radical (unpaired) electrons. The molecule has 5 heteroatoms. The summed E-state index contributed by atoms with van der Waals surface area (Å²) < 4.78 is 5.08. The summed E-state index contributed by atoms with van der Waals surface area (Å²) in [7, 11) is 1.67. The van der Waals surface area contributed by atoms with Crippen LogP contribution in [0.1, 0.15) is 19.4 Å².